The van der Waals surface area contributed by atoms with Crippen LogP contribution in [0.3, 0.4) is 0 Å². The third-order valence-corrected chi connectivity index (χ3v) is 2.91. The summed E-state index contributed by atoms with van der Waals surface area (Å²) in [5, 5.41) is 13.8. The van der Waals surface area contributed by atoms with Crippen molar-refractivity contribution in [3.63, 3.8) is 0 Å². The fourth-order valence-corrected chi connectivity index (χ4v) is 1.96. The van der Waals surface area contributed by atoms with Crippen molar-refractivity contribution in [2.24, 2.45) is 0 Å². The molecule has 1 N–H and O–H groups in total. The van der Waals surface area contributed by atoms with Crippen molar-refractivity contribution in [3.05, 3.63) is 62.4 Å². The van der Waals surface area contributed by atoms with E-state index in [1.54, 1.807) is 0 Å². The lowest BCUT2D eigenvalue weighted by Crippen LogP contribution is -1.99. The first-order chi connectivity index (χ1) is 8.99. The first-order valence-corrected chi connectivity index (χ1v) is 5.89. The molecule has 0 unspecified atom stereocenters. The maximum Gasteiger partial charge on any atom is 0.311 e. The molecule has 0 fully saturated rings. The molecule has 0 aliphatic rings. The van der Waals surface area contributed by atoms with E-state index < -0.39 is 10.7 Å². The van der Waals surface area contributed by atoms with Crippen molar-refractivity contribution in [2.45, 2.75) is 0 Å². The highest BCUT2D eigenvalue weighted by atomic mass is 35.5. The monoisotopic (exact) mass is 300 g/mol. The summed E-state index contributed by atoms with van der Waals surface area (Å²) in [7, 11) is 0. The normalized spacial score (nSPS) is 10.3. The number of para-hydroxylation sites is 1. The Bertz CT molecular complexity index is 650. The van der Waals surface area contributed by atoms with E-state index in [-0.39, 0.29) is 22.1 Å². The largest absolute Gasteiger partial charge is 0.347 e. The van der Waals surface area contributed by atoms with Crippen LogP contribution in [0.25, 0.3) is 0 Å². The van der Waals surface area contributed by atoms with Crippen molar-refractivity contribution >= 4 is 40.3 Å². The van der Waals surface area contributed by atoms with Gasteiger partial charge in [-0.15, -0.1) is 0 Å². The second-order valence-corrected chi connectivity index (χ2v) is 4.49. The summed E-state index contributed by atoms with van der Waals surface area (Å²) >= 11 is 11.5. The molecule has 2 aromatic rings. The third-order valence-electron chi connectivity index (χ3n) is 2.37. The van der Waals surface area contributed by atoms with Crippen molar-refractivity contribution < 1.29 is 9.31 Å². The molecule has 0 saturated heterocycles. The van der Waals surface area contributed by atoms with Crippen LogP contribution < -0.4 is 5.32 Å². The van der Waals surface area contributed by atoms with Crippen LogP contribution in [0.1, 0.15) is 0 Å². The van der Waals surface area contributed by atoms with E-state index in [1.807, 2.05) is 0 Å². The van der Waals surface area contributed by atoms with Crippen LogP contribution in [0.2, 0.25) is 10.0 Å². The Morgan fingerprint density at radius 3 is 2.58 bits per heavy atom. The summed E-state index contributed by atoms with van der Waals surface area (Å²) in [5.74, 6) is -0.571. The minimum atomic E-state index is -0.632. The summed E-state index contributed by atoms with van der Waals surface area (Å²) in [4.78, 5) is 10.3. The van der Waals surface area contributed by atoms with Crippen LogP contribution in [0, 0.1) is 15.9 Å². The number of hydrogen-bond acceptors (Lipinski definition) is 3. The number of nitro groups is 1. The molecule has 0 heterocycles. The van der Waals surface area contributed by atoms with Crippen molar-refractivity contribution in [3.8, 4) is 0 Å². The van der Waals surface area contributed by atoms with Gasteiger partial charge in [-0.25, -0.2) is 4.39 Å². The predicted molar refractivity (Wildman–Crippen MR) is 72.8 cm³/mol. The van der Waals surface area contributed by atoms with Gasteiger partial charge < -0.3 is 5.32 Å². The van der Waals surface area contributed by atoms with Gasteiger partial charge in [-0.1, -0.05) is 29.3 Å². The zero-order chi connectivity index (χ0) is 14.0. The zero-order valence-corrected chi connectivity index (χ0v) is 10.9. The topological polar surface area (TPSA) is 55.2 Å². The molecule has 2 aromatic carbocycles. The van der Waals surface area contributed by atoms with E-state index in [1.165, 1.54) is 36.4 Å². The van der Waals surface area contributed by atoms with E-state index in [0.717, 1.165) is 0 Å². The smallest absolute Gasteiger partial charge is 0.311 e. The Morgan fingerprint density at radius 1 is 1.16 bits per heavy atom. The molecule has 0 aliphatic heterocycles. The van der Waals surface area contributed by atoms with Crippen molar-refractivity contribution in [1.29, 1.82) is 0 Å². The number of nitrogens with zero attached hydrogens (tertiary/aromatic N) is 1. The molecule has 0 aliphatic carbocycles. The molecule has 7 heteroatoms. The van der Waals surface area contributed by atoms with Gasteiger partial charge in [0.2, 0.25) is 0 Å². The average Bonchev–Trinajstić information content (AvgIpc) is 2.33. The van der Waals surface area contributed by atoms with Gasteiger partial charge in [0.05, 0.1) is 10.6 Å². The number of benzene rings is 2. The molecular formula is C12H7Cl2FN2O2. The molecule has 0 saturated carbocycles. The minimum absolute atomic E-state index is 0.0302. The van der Waals surface area contributed by atoms with Gasteiger partial charge in [-0.05, 0) is 30.3 Å². The van der Waals surface area contributed by atoms with Gasteiger partial charge in [0, 0.05) is 5.02 Å². The van der Waals surface area contributed by atoms with Gasteiger partial charge in [0.25, 0.3) is 0 Å². The maximum atomic E-state index is 13.6. The van der Waals surface area contributed by atoms with E-state index >= 15 is 0 Å². The SMILES string of the molecule is O=[N+]([O-])c1c(Cl)cccc1Nc1cc(Cl)ccc1F. The maximum absolute atomic E-state index is 13.6. The quantitative estimate of drug-likeness (QED) is 0.655. The molecule has 0 radical (unpaired) electrons. The highest BCUT2D eigenvalue weighted by Gasteiger charge is 2.19. The van der Waals surface area contributed by atoms with Gasteiger partial charge in [-0.2, -0.15) is 0 Å². The average molecular weight is 301 g/mol. The fraction of sp³-hybridized carbons (Fsp3) is 0. The molecule has 0 amide bonds. The summed E-state index contributed by atoms with van der Waals surface area (Å²) in [6.07, 6.45) is 0. The number of nitrogens with one attached hydrogen (secondary N) is 1. The summed E-state index contributed by atoms with van der Waals surface area (Å²) < 4.78 is 13.6. The summed E-state index contributed by atoms with van der Waals surface area (Å²) in [6.45, 7) is 0. The zero-order valence-electron chi connectivity index (χ0n) is 9.36. The van der Waals surface area contributed by atoms with Gasteiger partial charge in [0.1, 0.15) is 16.5 Å². The first-order valence-electron chi connectivity index (χ1n) is 5.14. The van der Waals surface area contributed by atoms with Crippen LogP contribution in [0.5, 0.6) is 0 Å². The van der Waals surface area contributed by atoms with Gasteiger partial charge in [-0.3, -0.25) is 10.1 Å². The Morgan fingerprint density at radius 2 is 1.89 bits per heavy atom. The molecule has 98 valence electrons. The number of anilines is 2. The minimum Gasteiger partial charge on any atom is -0.347 e. The number of nitro benzene ring substituents is 1. The lowest BCUT2D eigenvalue weighted by molar-refractivity contribution is -0.383. The van der Waals surface area contributed by atoms with Crippen LogP contribution in [0.15, 0.2) is 36.4 Å². The lowest BCUT2D eigenvalue weighted by Gasteiger charge is -2.09. The van der Waals surface area contributed by atoms with Crippen LogP contribution in [-0.2, 0) is 0 Å². The highest BCUT2D eigenvalue weighted by molar-refractivity contribution is 6.33. The molecule has 19 heavy (non-hydrogen) atoms. The van der Waals surface area contributed by atoms with Crippen LogP contribution in [-0.4, -0.2) is 4.92 Å². The summed E-state index contributed by atoms with van der Waals surface area (Å²) in [6, 6.07) is 8.24. The molecule has 0 spiro atoms. The Balaban J connectivity index is 2.46. The molecule has 0 bridgehead atoms. The molecule has 4 nitrogen and oxygen atoms in total. The first kappa shape index (κ1) is 13.6. The Hall–Kier alpha value is -1.85. The Labute approximate surface area is 117 Å². The number of hydrogen-bond donors (Lipinski definition) is 1. The van der Waals surface area contributed by atoms with E-state index in [9.17, 15) is 14.5 Å². The van der Waals surface area contributed by atoms with E-state index in [4.69, 9.17) is 23.2 Å². The Kier molecular flexibility index (Phi) is 3.87. The number of rotatable bonds is 3. The molecule has 0 aromatic heterocycles. The molecule has 0 atom stereocenters. The lowest BCUT2D eigenvalue weighted by atomic mass is 10.2. The van der Waals surface area contributed by atoms with Crippen LogP contribution >= 0.6 is 23.2 Å². The van der Waals surface area contributed by atoms with Gasteiger partial charge >= 0.3 is 5.69 Å². The predicted octanol–water partition coefficient (Wildman–Crippen LogP) is 4.78. The second-order valence-electron chi connectivity index (χ2n) is 3.64. The summed E-state index contributed by atoms with van der Waals surface area (Å²) in [5.41, 5.74) is -0.180. The fourth-order valence-electron chi connectivity index (χ4n) is 1.54. The van der Waals surface area contributed by atoms with Gasteiger partial charge in [0.15, 0.2) is 0 Å². The van der Waals surface area contributed by atoms with Crippen molar-refractivity contribution in [2.75, 3.05) is 5.32 Å². The molecular weight excluding hydrogens is 294 g/mol. The third kappa shape index (κ3) is 2.94. The van der Waals surface area contributed by atoms with Crippen molar-refractivity contribution in [1.82, 2.24) is 0 Å². The van der Waals surface area contributed by atoms with Crippen LogP contribution in [0.4, 0.5) is 21.5 Å². The van der Waals surface area contributed by atoms with E-state index in [0.29, 0.717) is 5.02 Å². The van der Waals surface area contributed by atoms with E-state index in [2.05, 4.69) is 5.32 Å². The molecule has 2 rings (SSSR count). The highest BCUT2D eigenvalue weighted by Crippen LogP contribution is 2.35. The number of halogens is 3. The second kappa shape index (κ2) is 5.42. The standard InChI is InChI=1S/C12H7Cl2FN2O2/c13-7-4-5-9(15)11(6-7)16-10-3-1-2-8(14)12(10)17(18)19/h1-6,16H.